The van der Waals surface area contributed by atoms with Gasteiger partial charge < -0.3 is 11.1 Å². The van der Waals surface area contributed by atoms with Gasteiger partial charge in [0.05, 0.1) is 6.54 Å². The first-order valence-corrected chi connectivity index (χ1v) is 7.79. The van der Waals surface area contributed by atoms with Crippen LogP contribution in [-0.2, 0) is 5.41 Å². The minimum absolute atomic E-state index is 0. The van der Waals surface area contributed by atoms with Crippen LogP contribution < -0.4 is 11.1 Å². The number of halogens is 1. The lowest BCUT2D eigenvalue weighted by Crippen LogP contribution is -2.25. The molecular formula is C19H24IN3. The predicted octanol–water partition coefficient (Wildman–Crippen LogP) is 4.38. The van der Waals surface area contributed by atoms with Gasteiger partial charge in [-0.1, -0.05) is 42.0 Å². The normalized spacial score (nSPS) is 15.7. The van der Waals surface area contributed by atoms with Gasteiger partial charge in [0.25, 0.3) is 0 Å². The third-order valence-corrected chi connectivity index (χ3v) is 4.45. The first-order chi connectivity index (χ1) is 10.6. The van der Waals surface area contributed by atoms with Crippen LogP contribution in [0.4, 0.5) is 5.69 Å². The molecule has 0 heterocycles. The quantitative estimate of drug-likeness (QED) is 0.438. The highest BCUT2D eigenvalue weighted by molar-refractivity contribution is 14.0. The number of rotatable bonds is 4. The predicted molar refractivity (Wildman–Crippen MR) is 109 cm³/mol. The van der Waals surface area contributed by atoms with Crippen LogP contribution in [0.2, 0.25) is 0 Å². The van der Waals surface area contributed by atoms with E-state index in [0.29, 0.717) is 5.96 Å². The third kappa shape index (κ3) is 4.25. The van der Waals surface area contributed by atoms with Crippen molar-refractivity contribution in [3.05, 3.63) is 65.2 Å². The first-order valence-electron chi connectivity index (χ1n) is 7.79. The van der Waals surface area contributed by atoms with Gasteiger partial charge in [-0.2, -0.15) is 0 Å². The van der Waals surface area contributed by atoms with Crippen molar-refractivity contribution in [1.29, 1.82) is 0 Å². The number of hydrogen-bond donors (Lipinski definition) is 2. The van der Waals surface area contributed by atoms with Crippen molar-refractivity contribution in [2.24, 2.45) is 10.7 Å². The van der Waals surface area contributed by atoms with E-state index in [1.807, 2.05) is 12.1 Å². The number of aliphatic imine (C=N–C) groups is 1. The zero-order chi connectivity index (χ0) is 15.6. The van der Waals surface area contributed by atoms with E-state index in [1.165, 1.54) is 29.5 Å². The molecule has 0 unspecified atom stereocenters. The number of benzene rings is 2. The van der Waals surface area contributed by atoms with E-state index in [1.54, 1.807) is 0 Å². The van der Waals surface area contributed by atoms with Gasteiger partial charge >= 0.3 is 0 Å². The van der Waals surface area contributed by atoms with Crippen molar-refractivity contribution >= 4 is 35.6 Å². The molecule has 3 N–H and O–H groups in total. The van der Waals surface area contributed by atoms with Crippen LogP contribution in [0.15, 0.2) is 53.5 Å². The topological polar surface area (TPSA) is 50.4 Å². The summed E-state index contributed by atoms with van der Waals surface area (Å²) in [5, 5.41) is 3.16. The van der Waals surface area contributed by atoms with Crippen molar-refractivity contribution < 1.29 is 0 Å². The number of anilines is 1. The second-order valence-corrected chi connectivity index (χ2v) is 6.29. The average molecular weight is 421 g/mol. The minimum atomic E-state index is 0. The molecule has 1 saturated carbocycles. The molecule has 23 heavy (non-hydrogen) atoms. The number of nitrogens with one attached hydrogen (secondary N) is 1. The molecule has 2 aromatic carbocycles. The van der Waals surface area contributed by atoms with Crippen molar-refractivity contribution in [2.45, 2.75) is 32.1 Å². The van der Waals surface area contributed by atoms with Gasteiger partial charge in [0, 0.05) is 11.1 Å². The van der Waals surface area contributed by atoms with Crippen LogP contribution in [0, 0.1) is 13.8 Å². The molecule has 0 saturated heterocycles. The van der Waals surface area contributed by atoms with Gasteiger partial charge in [-0.3, -0.25) is 4.99 Å². The molecule has 0 spiro atoms. The number of aryl methyl sites for hydroxylation is 2. The lowest BCUT2D eigenvalue weighted by Gasteiger charge is -2.16. The molecule has 1 fully saturated rings. The smallest absolute Gasteiger partial charge is 0.193 e. The second-order valence-electron chi connectivity index (χ2n) is 6.29. The van der Waals surface area contributed by atoms with Crippen LogP contribution in [-0.4, -0.2) is 12.5 Å². The van der Waals surface area contributed by atoms with Gasteiger partial charge in [-0.15, -0.1) is 24.0 Å². The zero-order valence-electron chi connectivity index (χ0n) is 13.7. The summed E-state index contributed by atoms with van der Waals surface area (Å²) in [4.78, 5) is 4.58. The van der Waals surface area contributed by atoms with Gasteiger partial charge in [0.2, 0.25) is 0 Å². The molecular weight excluding hydrogens is 397 g/mol. The van der Waals surface area contributed by atoms with E-state index >= 15 is 0 Å². The first kappa shape index (κ1) is 17.8. The fraction of sp³-hybridized carbons (Fsp3) is 0.316. The van der Waals surface area contributed by atoms with Crippen molar-refractivity contribution in [3.63, 3.8) is 0 Å². The summed E-state index contributed by atoms with van der Waals surface area (Å²) < 4.78 is 0. The Morgan fingerprint density at radius 2 is 1.74 bits per heavy atom. The molecule has 2 aromatic rings. The van der Waals surface area contributed by atoms with E-state index in [-0.39, 0.29) is 29.4 Å². The molecule has 4 heteroatoms. The van der Waals surface area contributed by atoms with Gasteiger partial charge in [0.1, 0.15) is 0 Å². The summed E-state index contributed by atoms with van der Waals surface area (Å²) in [6.07, 6.45) is 2.39. The van der Waals surface area contributed by atoms with E-state index < -0.39 is 0 Å². The molecule has 0 aromatic heterocycles. The summed E-state index contributed by atoms with van der Waals surface area (Å²) >= 11 is 0. The number of nitrogens with zero attached hydrogens (tertiary/aromatic N) is 1. The molecule has 0 amide bonds. The monoisotopic (exact) mass is 421 g/mol. The highest BCUT2D eigenvalue weighted by Gasteiger charge is 2.44. The molecule has 3 rings (SSSR count). The van der Waals surface area contributed by atoms with E-state index in [2.05, 4.69) is 60.6 Å². The summed E-state index contributed by atoms with van der Waals surface area (Å²) in [5.74, 6) is 0.490. The molecule has 3 nitrogen and oxygen atoms in total. The zero-order valence-corrected chi connectivity index (χ0v) is 16.0. The number of nitrogens with two attached hydrogens (primary N) is 1. The number of guanidine groups is 1. The molecule has 1 aliphatic carbocycles. The van der Waals surface area contributed by atoms with E-state index in [4.69, 9.17) is 5.73 Å². The summed E-state index contributed by atoms with van der Waals surface area (Å²) in [5.41, 5.74) is 11.2. The van der Waals surface area contributed by atoms with Crippen LogP contribution in [0.5, 0.6) is 0 Å². The maximum absolute atomic E-state index is 6.03. The van der Waals surface area contributed by atoms with E-state index in [9.17, 15) is 0 Å². The lowest BCUT2D eigenvalue weighted by molar-refractivity contribution is 0.700. The Balaban J connectivity index is 0.00000192. The highest BCUT2D eigenvalue weighted by Crippen LogP contribution is 2.49. The van der Waals surface area contributed by atoms with Crippen molar-refractivity contribution in [1.82, 2.24) is 0 Å². The maximum atomic E-state index is 6.03. The molecule has 122 valence electrons. The maximum Gasteiger partial charge on any atom is 0.193 e. The standard InChI is InChI=1S/C19H23N3.HI/c1-14-7-9-16(10-8-14)22-18(20)21-13-19(11-12-19)17-6-4-3-5-15(17)2;/h3-10H,11-13H2,1-2H3,(H3,20,21,22);1H. The molecule has 0 radical (unpaired) electrons. The fourth-order valence-electron chi connectivity index (χ4n) is 2.89. The van der Waals surface area contributed by atoms with Crippen LogP contribution in [0.3, 0.4) is 0 Å². The highest BCUT2D eigenvalue weighted by atomic mass is 127. The third-order valence-electron chi connectivity index (χ3n) is 4.45. The summed E-state index contributed by atoms with van der Waals surface area (Å²) in [7, 11) is 0. The summed E-state index contributed by atoms with van der Waals surface area (Å²) in [6, 6.07) is 16.8. The fourth-order valence-corrected chi connectivity index (χ4v) is 2.89. The van der Waals surface area contributed by atoms with Gasteiger partial charge in [-0.25, -0.2) is 0 Å². The second kappa shape index (κ2) is 7.34. The Bertz CT molecular complexity index is 688. The van der Waals surface area contributed by atoms with Gasteiger partial charge in [-0.05, 0) is 49.9 Å². The Morgan fingerprint density at radius 3 is 2.35 bits per heavy atom. The Labute approximate surface area is 155 Å². The summed E-state index contributed by atoms with van der Waals surface area (Å²) in [6.45, 7) is 5.00. The van der Waals surface area contributed by atoms with Crippen LogP contribution in [0.25, 0.3) is 0 Å². The molecule has 1 aliphatic rings. The van der Waals surface area contributed by atoms with Gasteiger partial charge in [0.15, 0.2) is 5.96 Å². The molecule has 0 aliphatic heterocycles. The minimum Gasteiger partial charge on any atom is -0.370 e. The Hall–Kier alpha value is -1.56. The molecule has 0 bridgehead atoms. The van der Waals surface area contributed by atoms with E-state index in [0.717, 1.165) is 12.2 Å². The van der Waals surface area contributed by atoms with Crippen molar-refractivity contribution in [3.8, 4) is 0 Å². The Kier molecular flexibility index (Phi) is 5.68. The largest absolute Gasteiger partial charge is 0.370 e. The number of hydrogen-bond acceptors (Lipinski definition) is 1. The molecule has 0 atom stereocenters. The SMILES string of the molecule is Cc1ccc(NC(N)=NCC2(c3ccccc3C)CC2)cc1.I. The Morgan fingerprint density at radius 1 is 1.09 bits per heavy atom. The lowest BCUT2D eigenvalue weighted by atomic mass is 9.92. The average Bonchev–Trinajstić information content (AvgIpc) is 3.29. The van der Waals surface area contributed by atoms with Crippen molar-refractivity contribution in [2.75, 3.05) is 11.9 Å². The van der Waals surface area contributed by atoms with Crippen LogP contribution >= 0.6 is 24.0 Å². The van der Waals surface area contributed by atoms with Crippen LogP contribution in [0.1, 0.15) is 29.5 Å².